The van der Waals surface area contributed by atoms with Gasteiger partial charge in [-0.2, -0.15) is 0 Å². The fourth-order valence-electron chi connectivity index (χ4n) is 1.61. The predicted octanol–water partition coefficient (Wildman–Crippen LogP) is -0.103. The topological polar surface area (TPSA) is 107 Å². The van der Waals surface area contributed by atoms with Crippen molar-refractivity contribution < 1.29 is 24.5 Å². The standard InChI is InChI=1S/C11H15FN2O4/c12-8-6-10(14(1-3-15)2-4-16)9(13)5-7(8)11(17)18/h5-6,15-16H,1-4,13H2,(H,17,18). The Labute approximate surface area is 103 Å². The van der Waals surface area contributed by atoms with Crippen LogP contribution < -0.4 is 10.6 Å². The van der Waals surface area contributed by atoms with Crippen LogP contribution in [0.25, 0.3) is 0 Å². The molecule has 1 aromatic carbocycles. The van der Waals surface area contributed by atoms with Crippen LogP contribution in [0.15, 0.2) is 12.1 Å². The molecule has 0 heterocycles. The Morgan fingerprint density at radius 2 is 1.83 bits per heavy atom. The summed E-state index contributed by atoms with van der Waals surface area (Å²) in [6.07, 6.45) is 0. The Hall–Kier alpha value is -1.86. The van der Waals surface area contributed by atoms with Crippen LogP contribution in [0.5, 0.6) is 0 Å². The zero-order chi connectivity index (χ0) is 13.7. The van der Waals surface area contributed by atoms with E-state index in [9.17, 15) is 9.18 Å². The first kappa shape index (κ1) is 14.2. The zero-order valence-corrected chi connectivity index (χ0v) is 9.64. The molecule has 1 rings (SSSR count). The summed E-state index contributed by atoms with van der Waals surface area (Å²) in [4.78, 5) is 12.2. The van der Waals surface area contributed by atoms with Crippen LogP contribution in [-0.2, 0) is 0 Å². The van der Waals surface area contributed by atoms with E-state index in [-0.39, 0.29) is 37.7 Å². The number of benzene rings is 1. The smallest absolute Gasteiger partial charge is 0.338 e. The van der Waals surface area contributed by atoms with Gasteiger partial charge in [-0.3, -0.25) is 0 Å². The van der Waals surface area contributed by atoms with E-state index < -0.39 is 17.3 Å². The fourth-order valence-corrected chi connectivity index (χ4v) is 1.61. The fraction of sp³-hybridized carbons (Fsp3) is 0.364. The molecule has 0 saturated carbocycles. The molecule has 0 aliphatic heterocycles. The van der Waals surface area contributed by atoms with Crippen LogP contribution in [-0.4, -0.2) is 47.6 Å². The van der Waals surface area contributed by atoms with Crippen molar-refractivity contribution in [1.29, 1.82) is 0 Å². The van der Waals surface area contributed by atoms with Gasteiger partial charge in [0.2, 0.25) is 0 Å². The van der Waals surface area contributed by atoms with Gasteiger partial charge in [-0.25, -0.2) is 9.18 Å². The van der Waals surface area contributed by atoms with E-state index in [0.717, 1.165) is 12.1 Å². The van der Waals surface area contributed by atoms with Gasteiger partial charge in [0.15, 0.2) is 0 Å². The normalized spacial score (nSPS) is 10.4. The summed E-state index contributed by atoms with van der Waals surface area (Å²) in [5, 5.41) is 26.5. The molecule has 5 N–H and O–H groups in total. The quantitative estimate of drug-likeness (QED) is 0.531. The average molecular weight is 258 g/mol. The molecule has 7 heteroatoms. The highest BCUT2D eigenvalue weighted by molar-refractivity contribution is 5.90. The number of carboxylic acid groups (broad SMARTS) is 1. The molecule has 0 bridgehead atoms. The monoisotopic (exact) mass is 258 g/mol. The van der Waals surface area contributed by atoms with E-state index in [1.165, 1.54) is 4.90 Å². The number of aromatic carboxylic acids is 1. The second-order valence-corrected chi connectivity index (χ2v) is 3.63. The summed E-state index contributed by atoms with van der Waals surface area (Å²) in [5.74, 6) is -2.31. The highest BCUT2D eigenvalue weighted by Gasteiger charge is 2.17. The van der Waals surface area contributed by atoms with E-state index >= 15 is 0 Å². The third kappa shape index (κ3) is 3.08. The molecule has 0 aromatic heterocycles. The molecular weight excluding hydrogens is 243 g/mol. The number of aliphatic hydroxyl groups is 2. The van der Waals surface area contributed by atoms with Gasteiger partial charge in [-0.15, -0.1) is 0 Å². The molecule has 100 valence electrons. The van der Waals surface area contributed by atoms with Crippen LogP contribution in [0.3, 0.4) is 0 Å². The van der Waals surface area contributed by atoms with Crippen LogP contribution in [0.2, 0.25) is 0 Å². The Bertz CT molecular complexity index is 433. The molecule has 0 spiro atoms. The number of hydrogen-bond acceptors (Lipinski definition) is 5. The van der Waals surface area contributed by atoms with Crippen molar-refractivity contribution in [3.63, 3.8) is 0 Å². The minimum Gasteiger partial charge on any atom is -0.478 e. The lowest BCUT2D eigenvalue weighted by Crippen LogP contribution is -2.30. The van der Waals surface area contributed by atoms with Crippen molar-refractivity contribution in [1.82, 2.24) is 0 Å². The summed E-state index contributed by atoms with van der Waals surface area (Å²) in [7, 11) is 0. The summed E-state index contributed by atoms with van der Waals surface area (Å²) >= 11 is 0. The number of aliphatic hydroxyl groups excluding tert-OH is 2. The number of rotatable bonds is 6. The van der Waals surface area contributed by atoms with E-state index in [4.69, 9.17) is 21.1 Å². The number of carboxylic acids is 1. The second-order valence-electron chi connectivity index (χ2n) is 3.63. The van der Waals surface area contributed by atoms with E-state index in [1.807, 2.05) is 0 Å². The summed E-state index contributed by atoms with van der Waals surface area (Å²) < 4.78 is 13.5. The third-order valence-corrected chi connectivity index (χ3v) is 2.43. The molecule has 0 unspecified atom stereocenters. The number of halogens is 1. The highest BCUT2D eigenvalue weighted by Crippen LogP contribution is 2.26. The van der Waals surface area contributed by atoms with Gasteiger partial charge in [0.1, 0.15) is 5.82 Å². The number of anilines is 2. The first-order valence-corrected chi connectivity index (χ1v) is 5.30. The van der Waals surface area contributed by atoms with Gasteiger partial charge in [0.05, 0.1) is 30.2 Å². The summed E-state index contributed by atoms with van der Waals surface area (Å²) in [6, 6.07) is 2.01. The maximum atomic E-state index is 13.5. The number of nitrogen functional groups attached to an aromatic ring is 1. The molecule has 0 aliphatic rings. The number of nitrogens with zero attached hydrogens (tertiary/aromatic N) is 1. The van der Waals surface area contributed by atoms with Crippen LogP contribution in [0.1, 0.15) is 10.4 Å². The molecule has 0 atom stereocenters. The van der Waals surface area contributed by atoms with Crippen molar-refractivity contribution >= 4 is 17.3 Å². The van der Waals surface area contributed by atoms with Crippen molar-refractivity contribution in [3.05, 3.63) is 23.5 Å². The first-order chi connectivity index (χ1) is 8.51. The van der Waals surface area contributed by atoms with E-state index in [2.05, 4.69) is 0 Å². The van der Waals surface area contributed by atoms with Crippen LogP contribution in [0, 0.1) is 5.82 Å². The lowest BCUT2D eigenvalue weighted by Gasteiger charge is -2.24. The molecule has 0 aliphatic carbocycles. The summed E-state index contributed by atoms with van der Waals surface area (Å²) in [5.41, 5.74) is 5.47. The lowest BCUT2D eigenvalue weighted by molar-refractivity contribution is 0.0692. The van der Waals surface area contributed by atoms with E-state index in [0.29, 0.717) is 0 Å². The maximum absolute atomic E-state index is 13.5. The van der Waals surface area contributed by atoms with E-state index in [1.54, 1.807) is 0 Å². The molecule has 0 saturated heterocycles. The first-order valence-electron chi connectivity index (χ1n) is 5.30. The van der Waals surface area contributed by atoms with Gasteiger partial charge in [0, 0.05) is 19.2 Å². The van der Waals surface area contributed by atoms with Crippen molar-refractivity contribution in [3.8, 4) is 0 Å². The van der Waals surface area contributed by atoms with Gasteiger partial charge < -0.3 is 26.0 Å². The number of carbonyl (C=O) groups is 1. The summed E-state index contributed by atoms with van der Waals surface area (Å²) in [6.45, 7) is -0.0588. The largest absolute Gasteiger partial charge is 0.478 e. The van der Waals surface area contributed by atoms with Gasteiger partial charge in [-0.1, -0.05) is 0 Å². The Kier molecular flexibility index (Phi) is 4.87. The van der Waals surface area contributed by atoms with Crippen molar-refractivity contribution in [2.75, 3.05) is 36.9 Å². The Balaban J connectivity index is 3.15. The molecular formula is C11H15FN2O4. The molecule has 1 aromatic rings. The highest BCUT2D eigenvalue weighted by atomic mass is 19.1. The Morgan fingerprint density at radius 3 is 2.28 bits per heavy atom. The molecule has 6 nitrogen and oxygen atoms in total. The second kappa shape index (κ2) is 6.18. The predicted molar refractivity (Wildman–Crippen MR) is 64.2 cm³/mol. The zero-order valence-electron chi connectivity index (χ0n) is 9.64. The van der Waals surface area contributed by atoms with Crippen molar-refractivity contribution in [2.45, 2.75) is 0 Å². The van der Waals surface area contributed by atoms with Crippen LogP contribution >= 0.6 is 0 Å². The van der Waals surface area contributed by atoms with Crippen molar-refractivity contribution in [2.24, 2.45) is 0 Å². The third-order valence-electron chi connectivity index (χ3n) is 2.43. The van der Waals surface area contributed by atoms with Gasteiger partial charge in [0.25, 0.3) is 0 Å². The lowest BCUT2D eigenvalue weighted by atomic mass is 10.1. The SMILES string of the molecule is Nc1cc(C(=O)O)c(F)cc1N(CCO)CCO. The molecule has 18 heavy (non-hydrogen) atoms. The molecule has 0 amide bonds. The number of nitrogens with two attached hydrogens (primary N) is 1. The Morgan fingerprint density at radius 1 is 1.28 bits per heavy atom. The van der Waals surface area contributed by atoms with Crippen LogP contribution in [0.4, 0.5) is 15.8 Å². The maximum Gasteiger partial charge on any atom is 0.338 e. The minimum absolute atomic E-state index is 0.0794. The van der Waals surface area contributed by atoms with Gasteiger partial charge in [-0.05, 0) is 6.07 Å². The molecule has 0 radical (unpaired) electrons. The number of hydrogen-bond donors (Lipinski definition) is 4. The average Bonchev–Trinajstić information content (AvgIpc) is 2.31. The van der Waals surface area contributed by atoms with Gasteiger partial charge >= 0.3 is 5.97 Å². The molecule has 0 fully saturated rings. The minimum atomic E-state index is -1.40.